The van der Waals surface area contributed by atoms with Crippen LogP contribution in [-0.4, -0.2) is 32.5 Å². The van der Waals surface area contributed by atoms with Crippen LogP contribution in [0.5, 0.6) is 0 Å². The molecule has 0 aromatic heterocycles. The number of hydrogen-bond donors (Lipinski definition) is 0. The van der Waals surface area contributed by atoms with E-state index in [0.29, 0.717) is 6.61 Å². The molecular formula is C13H18O3S. The van der Waals surface area contributed by atoms with Gasteiger partial charge >= 0.3 is 5.97 Å². The summed E-state index contributed by atoms with van der Waals surface area (Å²) in [4.78, 5) is 12.8. The summed E-state index contributed by atoms with van der Waals surface area (Å²) < 4.78 is 9.83. The van der Waals surface area contributed by atoms with Gasteiger partial charge in [-0.05, 0) is 23.4 Å². The van der Waals surface area contributed by atoms with E-state index in [0.717, 1.165) is 11.3 Å². The van der Waals surface area contributed by atoms with Crippen LogP contribution in [0.15, 0.2) is 29.2 Å². The Bertz CT molecular complexity index is 348. The first-order chi connectivity index (χ1) is 8.22. The molecule has 1 unspecified atom stereocenters. The van der Waals surface area contributed by atoms with Crippen LogP contribution in [-0.2, 0) is 14.3 Å². The molecule has 94 valence electrons. The van der Waals surface area contributed by atoms with Gasteiger partial charge in [0.2, 0.25) is 0 Å². The van der Waals surface area contributed by atoms with E-state index >= 15 is 0 Å². The monoisotopic (exact) mass is 254 g/mol. The van der Waals surface area contributed by atoms with Gasteiger partial charge in [0.15, 0.2) is 0 Å². The van der Waals surface area contributed by atoms with Crippen molar-refractivity contribution in [2.24, 2.45) is 0 Å². The van der Waals surface area contributed by atoms with Crippen LogP contribution in [0, 0.1) is 0 Å². The lowest BCUT2D eigenvalue weighted by Gasteiger charge is -2.14. The Balaban J connectivity index is 2.83. The van der Waals surface area contributed by atoms with Crippen molar-refractivity contribution in [3.8, 4) is 0 Å². The van der Waals surface area contributed by atoms with Crippen LogP contribution in [0.1, 0.15) is 18.4 Å². The minimum atomic E-state index is -0.342. The van der Waals surface area contributed by atoms with Gasteiger partial charge in [-0.2, -0.15) is 0 Å². The molecule has 0 spiro atoms. The van der Waals surface area contributed by atoms with Crippen molar-refractivity contribution in [3.05, 3.63) is 29.8 Å². The smallest absolute Gasteiger partial charge is 0.315 e. The Hall–Kier alpha value is -1.00. The first-order valence-electron chi connectivity index (χ1n) is 5.52. The molecule has 0 heterocycles. The van der Waals surface area contributed by atoms with E-state index < -0.39 is 0 Å². The molecule has 0 aliphatic carbocycles. The number of esters is 1. The average Bonchev–Trinajstić information content (AvgIpc) is 2.37. The minimum absolute atomic E-state index is 0.261. The highest BCUT2D eigenvalue weighted by Gasteiger charge is 2.21. The molecule has 17 heavy (non-hydrogen) atoms. The highest BCUT2D eigenvalue weighted by Crippen LogP contribution is 2.23. The lowest BCUT2D eigenvalue weighted by Crippen LogP contribution is -2.18. The van der Waals surface area contributed by atoms with Crippen LogP contribution in [0.25, 0.3) is 0 Å². The number of carbonyl (C=O) groups is 1. The number of hydrogen-bond acceptors (Lipinski definition) is 4. The quantitative estimate of drug-likeness (QED) is 0.577. The number of carbonyl (C=O) groups excluding carboxylic acids is 1. The summed E-state index contributed by atoms with van der Waals surface area (Å²) in [5, 5.41) is 0. The molecule has 1 atom stereocenters. The molecule has 0 saturated carbocycles. The van der Waals surface area contributed by atoms with Crippen molar-refractivity contribution in [1.82, 2.24) is 0 Å². The molecular weight excluding hydrogens is 236 g/mol. The average molecular weight is 254 g/mol. The Labute approximate surface area is 106 Å². The van der Waals surface area contributed by atoms with Gasteiger partial charge in [-0.1, -0.05) is 19.1 Å². The second-order valence-corrected chi connectivity index (χ2v) is 4.87. The predicted octanol–water partition coefficient (Wildman–Crippen LogP) is 2.70. The summed E-state index contributed by atoms with van der Waals surface area (Å²) in [5.41, 5.74) is 0.930. The molecule has 0 fully saturated rings. The molecule has 0 saturated heterocycles. The Morgan fingerprint density at radius 2 is 1.94 bits per heavy atom. The van der Waals surface area contributed by atoms with Crippen molar-refractivity contribution >= 4 is 17.7 Å². The summed E-state index contributed by atoms with van der Waals surface area (Å²) in [6, 6.07) is 7.96. The maximum atomic E-state index is 11.6. The second-order valence-electron chi connectivity index (χ2n) is 3.53. The summed E-state index contributed by atoms with van der Waals surface area (Å²) in [7, 11) is 2.98. The van der Waals surface area contributed by atoms with Crippen molar-refractivity contribution in [3.63, 3.8) is 0 Å². The van der Waals surface area contributed by atoms with E-state index in [2.05, 4.69) is 6.92 Å². The van der Waals surface area contributed by atoms with E-state index in [4.69, 9.17) is 9.47 Å². The molecule has 0 bridgehead atoms. The molecule has 0 N–H and O–H groups in total. The fraction of sp³-hybridized carbons (Fsp3) is 0.462. The fourth-order valence-corrected chi connectivity index (χ4v) is 2.23. The molecule has 1 aromatic rings. The normalized spacial score (nSPS) is 12.2. The largest absolute Gasteiger partial charge is 0.468 e. The van der Waals surface area contributed by atoms with Crippen molar-refractivity contribution < 1.29 is 14.3 Å². The minimum Gasteiger partial charge on any atom is -0.468 e. The van der Waals surface area contributed by atoms with Gasteiger partial charge in [0.05, 0.1) is 13.7 Å². The van der Waals surface area contributed by atoms with E-state index in [1.54, 1.807) is 18.9 Å². The zero-order valence-electron chi connectivity index (χ0n) is 10.4. The molecule has 1 aromatic carbocycles. The van der Waals surface area contributed by atoms with Gasteiger partial charge in [-0.15, -0.1) is 11.8 Å². The van der Waals surface area contributed by atoms with Crippen LogP contribution < -0.4 is 0 Å². The third-order valence-electron chi connectivity index (χ3n) is 2.41. The topological polar surface area (TPSA) is 35.5 Å². The van der Waals surface area contributed by atoms with Gasteiger partial charge in [0.1, 0.15) is 5.92 Å². The molecule has 0 aliphatic heterocycles. The standard InChI is InChI=1S/C13H18O3S/c1-4-17-11-7-5-10(6-8-11)12(9-15-2)13(14)16-3/h5-8,12H,4,9H2,1-3H3. The van der Waals surface area contributed by atoms with Gasteiger partial charge in [-0.25, -0.2) is 0 Å². The Morgan fingerprint density at radius 3 is 2.41 bits per heavy atom. The zero-order chi connectivity index (χ0) is 12.7. The lowest BCUT2D eigenvalue weighted by molar-refractivity contribution is -0.143. The highest BCUT2D eigenvalue weighted by molar-refractivity contribution is 7.99. The van der Waals surface area contributed by atoms with Gasteiger partial charge < -0.3 is 9.47 Å². The van der Waals surface area contributed by atoms with Crippen molar-refractivity contribution in [2.45, 2.75) is 17.7 Å². The first-order valence-corrected chi connectivity index (χ1v) is 6.51. The predicted molar refractivity (Wildman–Crippen MR) is 69.5 cm³/mol. The highest BCUT2D eigenvalue weighted by atomic mass is 32.2. The fourth-order valence-electron chi connectivity index (χ4n) is 1.57. The van der Waals surface area contributed by atoms with E-state index in [1.807, 2.05) is 24.3 Å². The zero-order valence-corrected chi connectivity index (χ0v) is 11.3. The first kappa shape index (κ1) is 14.1. The van der Waals surface area contributed by atoms with Crippen LogP contribution >= 0.6 is 11.8 Å². The molecule has 0 radical (unpaired) electrons. The molecule has 3 nitrogen and oxygen atoms in total. The number of ether oxygens (including phenoxy) is 2. The van der Waals surface area contributed by atoms with E-state index in [-0.39, 0.29) is 11.9 Å². The molecule has 4 heteroatoms. The lowest BCUT2D eigenvalue weighted by atomic mass is 10.0. The van der Waals surface area contributed by atoms with Gasteiger partial charge in [-0.3, -0.25) is 4.79 Å². The molecule has 1 rings (SSSR count). The second kappa shape index (κ2) is 7.35. The maximum absolute atomic E-state index is 11.6. The number of rotatable bonds is 6. The SMILES string of the molecule is CCSc1ccc(C(COC)C(=O)OC)cc1. The van der Waals surface area contributed by atoms with Crippen LogP contribution in [0.3, 0.4) is 0 Å². The van der Waals surface area contributed by atoms with Crippen LogP contribution in [0.2, 0.25) is 0 Å². The van der Waals surface area contributed by atoms with Crippen molar-refractivity contribution in [1.29, 1.82) is 0 Å². The number of methoxy groups -OCH3 is 2. The van der Waals surface area contributed by atoms with Gasteiger partial charge in [0.25, 0.3) is 0 Å². The van der Waals surface area contributed by atoms with Crippen LogP contribution in [0.4, 0.5) is 0 Å². The third-order valence-corrected chi connectivity index (χ3v) is 3.31. The number of thioether (sulfide) groups is 1. The summed E-state index contributed by atoms with van der Waals surface area (Å²) >= 11 is 1.78. The molecule has 0 amide bonds. The summed E-state index contributed by atoms with van der Waals surface area (Å²) in [5.74, 6) is 0.436. The molecule has 0 aliphatic rings. The summed E-state index contributed by atoms with van der Waals surface area (Å²) in [6.45, 7) is 2.45. The number of benzene rings is 1. The summed E-state index contributed by atoms with van der Waals surface area (Å²) in [6.07, 6.45) is 0. The van der Waals surface area contributed by atoms with Crippen molar-refractivity contribution in [2.75, 3.05) is 26.6 Å². The Kier molecular flexibility index (Phi) is 6.08. The third kappa shape index (κ3) is 4.06. The van der Waals surface area contributed by atoms with E-state index in [1.165, 1.54) is 12.0 Å². The Morgan fingerprint density at radius 1 is 1.29 bits per heavy atom. The van der Waals surface area contributed by atoms with Gasteiger partial charge in [0, 0.05) is 12.0 Å². The van der Waals surface area contributed by atoms with E-state index in [9.17, 15) is 4.79 Å². The maximum Gasteiger partial charge on any atom is 0.315 e.